The Kier molecular flexibility index (Phi) is 4.06. The second kappa shape index (κ2) is 6.51. The molecule has 0 bridgehead atoms. The Balaban J connectivity index is 1.50. The Morgan fingerprint density at radius 3 is 2.48 bits per heavy atom. The highest BCUT2D eigenvalue weighted by Gasteiger charge is 2.23. The lowest BCUT2D eigenvalue weighted by atomic mass is 10.1. The van der Waals surface area contributed by atoms with E-state index in [0.717, 1.165) is 24.4 Å². The maximum Gasteiger partial charge on any atom is 0.254 e. The van der Waals surface area contributed by atoms with Gasteiger partial charge in [0.1, 0.15) is 5.82 Å². The van der Waals surface area contributed by atoms with Crippen LogP contribution in [-0.2, 0) is 0 Å². The van der Waals surface area contributed by atoms with Gasteiger partial charge in [-0.1, -0.05) is 18.2 Å². The number of nitrogens with zero attached hydrogens (tertiary/aromatic N) is 4. The number of aromatic nitrogens is 2. The molecular formula is C20H20N4O. The number of para-hydroxylation sites is 1. The van der Waals surface area contributed by atoms with Crippen LogP contribution in [-0.4, -0.2) is 47.0 Å². The summed E-state index contributed by atoms with van der Waals surface area (Å²) in [5.74, 6) is 1.07. The first kappa shape index (κ1) is 15.6. The minimum atomic E-state index is 0.0738. The number of piperazine rings is 1. The van der Waals surface area contributed by atoms with E-state index < -0.39 is 0 Å². The number of aryl methyl sites for hydroxylation is 1. The summed E-state index contributed by atoms with van der Waals surface area (Å²) in [6.45, 7) is 5.11. The second-order valence-electron chi connectivity index (χ2n) is 6.33. The van der Waals surface area contributed by atoms with E-state index in [1.54, 1.807) is 24.5 Å². The summed E-state index contributed by atoms with van der Waals surface area (Å²) >= 11 is 0. The number of benzene rings is 1. The molecule has 1 fully saturated rings. The highest BCUT2D eigenvalue weighted by Crippen LogP contribution is 2.23. The Bertz CT molecular complexity index is 902. The highest BCUT2D eigenvalue weighted by molar-refractivity contribution is 5.94. The summed E-state index contributed by atoms with van der Waals surface area (Å²) in [5.41, 5.74) is 2.95. The Labute approximate surface area is 146 Å². The van der Waals surface area contributed by atoms with Crippen LogP contribution >= 0.6 is 0 Å². The molecular weight excluding hydrogens is 312 g/mol. The zero-order chi connectivity index (χ0) is 17.2. The fourth-order valence-electron chi connectivity index (χ4n) is 3.31. The van der Waals surface area contributed by atoms with Crippen LogP contribution in [0.1, 0.15) is 15.9 Å². The van der Waals surface area contributed by atoms with Crippen molar-refractivity contribution in [2.24, 2.45) is 0 Å². The van der Waals surface area contributed by atoms with E-state index >= 15 is 0 Å². The van der Waals surface area contributed by atoms with E-state index in [2.05, 4.69) is 35.0 Å². The van der Waals surface area contributed by atoms with Gasteiger partial charge in [-0.15, -0.1) is 0 Å². The molecule has 1 aliphatic heterocycles. The molecule has 1 amide bonds. The summed E-state index contributed by atoms with van der Waals surface area (Å²) in [6.07, 6.45) is 3.32. The van der Waals surface area contributed by atoms with Gasteiger partial charge >= 0.3 is 0 Å². The molecule has 0 radical (unpaired) electrons. The van der Waals surface area contributed by atoms with Crippen molar-refractivity contribution >= 4 is 22.6 Å². The maximum absolute atomic E-state index is 12.5. The zero-order valence-corrected chi connectivity index (χ0v) is 14.2. The van der Waals surface area contributed by atoms with Crippen molar-refractivity contribution in [2.75, 3.05) is 31.1 Å². The molecule has 25 heavy (non-hydrogen) atoms. The molecule has 1 aliphatic rings. The first-order valence-electron chi connectivity index (χ1n) is 8.53. The number of fused-ring (bicyclic) bond motifs is 1. The van der Waals surface area contributed by atoms with Crippen LogP contribution in [0.2, 0.25) is 0 Å². The summed E-state index contributed by atoms with van der Waals surface area (Å²) in [7, 11) is 0. The molecule has 3 heterocycles. The van der Waals surface area contributed by atoms with E-state index in [1.165, 1.54) is 10.9 Å². The number of amides is 1. The molecule has 0 N–H and O–H groups in total. The van der Waals surface area contributed by atoms with Gasteiger partial charge in [-0.25, -0.2) is 4.98 Å². The molecule has 5 heteroatoms. The van der Waals surface area contributed by atoms with Crippen LogP contribution in [0.4, 0.5) is 5.82 Å². The number of rotatable bonds is 2. The van der Waals surface area contributed by atoms with Crippen molar-refractivity contribution in [2.45, 2.75) is 6.92 Å². The molecule has 0 aliphatic carbocycles. The smallest absolute Gasteiger partial charge is 0.254 e. The quantitative estimate of drug-likeness (QED) is 0.724. The van der Waals surface area contributed by atoms with Gasteiger partial charge in [0.25, 0.3) is 5.91 Å². The van der Waals surface area contributed by atoms with Crippen molar-refractivity contribution in [1.82, 2.24) is 14.9 Å². The molecule has 1 aromatic carbocycles. The number of hydrogen-bond donors (Lipinski definition) is 0. The van der Waals surface area contributed by atoms with Gasteiger partial charge in [0, 0.05) is 49.5 Å². The minimum Gasteiger partial charge on any atom is -0.353 e. The van der Waals surface area contributed by atoms with Gasteiger partial charge < -0.3 is 9.80 Å². The molecule has 4 rings (SSSR count). The molecule has 0 unspecified atom stereocenters. The van der Waals surface area contributed by atoms with Crippen LogP contribution in [0.5, 0.6) is 0 Å². The standard InChI is InChI=1S/C20H20N4O/c1-15-14-19(22-18-5-3-2-4-17(15)18)23-10-12-24(13-11-23)20(25)16-6-8-21-9-7-16/h2-9,14H,10-13H2,1H3. The number of anilines is 1. The normalized spacial score (nSPS) is 14.8. The molecule has 0 spiro atoms. The van der Waals surface area contributed by atoms with Crippen molar-refractivity contribution in [3.05, 3.63) is 66.0 Å². The predicted octanol–water partition coefficient (Wildman–Crippen LogP) is 2.90. The molecule has 126 valence electrons. The largest absolute Gasteiger partial charge is 0.353 e. The third-order valence-electron chi connectivity index (χ3n) is 4.73. The summed E-state index contributed by atoms with van der Waals surface area (Å²) in [4.78, 5) is 25.5. The van der Waals surface area contributed by atoms with Crippen molar-refractivity contribution < 1.29 is 4.79 Å². The van der Waals surface area contributed by atoms with E-state index in [0.29, 0.717) is 18.7 Å². The fourth-order valence-corrected chi connectivity index (χ4v) is 3.31. The van der Waals surface area contributed by atoms with Crippen LogP contribution in [0.25, 0.3) is 10.9 Å². The summed E-state index contributed by atoms with van der Waals surface area (Å²) in [6, 6.07) is 13.9. The Hall–Kier alpha value is -2.95. The number of carbonyl (C=O) groups excluding carboxylic acids is 1. The highest BCUT2D eigenvalue weighted by atomic mass is 16.2. The zero-order valence-electron chi connectivity index (χ0n) is 14.2. The third-order valence-corrected chi connectivity index (χ3v) is 4.73. The van der Waals surface area contributed by atoms with Gasteiger partial charge in [0.2, 0.25) is 0 Å². The van der Waals surface area contributed by atoms with Gasteiger partial charge in [-0.2, -0.15) is 0 Å². The first-order valence-corrected chi connectivity index (χ1v) is 8.53. The summed E-state index contributed by atoms with van der Waals surface area (Å²) in [5, 5.41) is 1.19. The van der Waals surface area contributed by atoms with E-state index in [9.17, 15) is 4.79 Å². The molecule has 1 saturated heterocycles. The van der Waals surface area contributed by atoms with Gasteiger partial charge in [-0.3, -0.25) is 9.78 Å². The Morgan fingerprint density at radius 2 is 1.72 bits per heavy atom. The fraction of sp³-hybridized carbons (Fsp3) is 0.250. The molecule has 5 nitrogen and oxygen atoms in total. The van der Waals surface area contributed by atoms with Gasteiger partial charge in [-0.05, 0) is 36.8 Å². The number of hydrogen-bond acceptors (Lipinski definition) is 4. The lowest BCUT2D eigenvalue weighted by molar-refractivity contribution is 0.0746. The van der Waals surface area contributed by atoms with E-state index in [4.69, 9.17) is 4.98 Å². The van der Waals surface area contributed by atoms with Crippen LogP contribution in [0, 0.1) is 6.92 Å². The second-order valence-corrected chi connectivity index (χ2v) is 6.33. The molecule has 2 aromatic heterocycles. The van der Waals surface area contributed by atoms with Crippen molar-refractivity contribution in [3.63, 3.8) is 0 Å². The third kappa shape index (κ3) is 3.05. The maximum atomic E-state index is 12.5. The van der Waals surface area contributed by atoms with E-state index in [-0.39, 0.29) is 5.91 Å². The van der Waals surface area contributed by atoms with Crippen LogP contribution in [0.3, 0.4) is 0 Å². The van der Waals surface area contributed by atoms with Crippen LogP contribution in [0.15, 0.2) is 54.9 Å². The SMILES string of the molecule is Cc1cc(N2CCN(C(=O)c3ccncc3)CC2)nc2ccccc12. The lowest BCUT2D eigenvalue weighted by Crippen LogP contribution is -2.49. The average Bonchev–Trinajstić information content (AvgIpc) is 2.68. The minimum absolute atomic E-state index is 0.0738. The Morgan fingerprint density at radius 1 is 1.00 bits per heavy atom. The summed E-state index contributed by atoms with van der Waals surface area (Å²) < 4.78 is 0. The predicted molar refractivity (Wildman–Crippen MR) is 98.8 cm³/mol. The van der Waals surface area contributed by atoms with Gasteiger partial charge in [0.05, 0.1) is 5.52 Å². The van der Waals surface area contributed by atoms with Crippen LogP contribution < -0.4 is 4.90 Å². The lowest BCUT2D eigenvalue weighted by Gasteiger charge is -2.35. The van der Waals surface area contributed by atoms with E-state index in [1.807, 2.05) is 17.0 Å². The van der Waals surface area contributed by atoms with Crippen molar-refractivity contribution in [3.8, 4) is 0 Å². The first-order chi connectivity index (χ1) is 12.2. The number of pyridine rings is 2. The molecule has 0 saturated carbocycles. The van der Waals surface area contributed by atoms with Gasteiger partial charge in [0.15, 0.2) is 0 Å². The molecule has 0 atom stereocenters. The number of carbonyl (C=O) groups is 1. The topological polar surface area (TPSA) is 49.3 Å². The molecule has 3 aromatic rings. The average molecular weight is 332 g/mol. The van der Waals surface area contributed by atoms with Crippen molar-refractivity contribution in [1.29, 1.82) is 0 Å². The monoisotopic (exact) mass is 332 g/mol.